The van der Waals surface area contributed by atoms with Crippen LogP contribution in [0.3, 0.4) is 0 Å². The fourth-order valence-corrected chi connectivity index (χ4v) is 3.80. The first kappa shape index (κ1) is 17.8. The van der Waals surface area contributed by atoms with Crippen LogP contribution in [0.4, 0.5) is 4.39 Å². The smallest absolute Gasteiger partial charge is 0.126 e. The summed E-state index contributed by atoms with van der Waals surface area (Å²) in [5.41, 5.74) is 4.05. The topological polar surface area (TPSA) is 29.0 Å². The molecule has 0 saturated carbocycles. The molecule has 0 amide bonds. The highest BCUT2D eigenvalue weighted by Crippen LogP contribution is 2.28. The van der Waals surface area contributed by atoms with E-state index in [-0.39, 0.29) is 5.82 Å². The molecule has 27 heavy (non-hydrogen) atoms. The van der Waals surface area contributed by atoms with Crippen molar-refractivity contribution in [2.24, 2.45) is 0 Å². The van der Waals surface area contributed by atoms with Crippen LogP contribution in [-0.2, 0) is 13.0 Å². The van der Waals surface area contributed by atoms with Gasteiger partial charge in [0.05, 0.1) is 0 Å². The number of halogens is 1. The van der Waals surface area contributed by atoms with Gasteiger partial charge in [-0.3, -0.25) is 14.9 Å². The molecule has 0 N–H and O–H groups in total. The Hall–Kier alpha value is -2.59. The second kappa shape index (κ2) is 8.40. The molecule has 4 rings (SSSR count). The van der Waals surface area contributed by atoms with Gasteiger partial charge in [0.1, 0.15) is 5.82 Å². The number of aromatic nitrogens is 2. The Bertz CT molecular complexity index is 874. The number of nitrogens with zero attached hydrogens (tertiary/aromatic N) is 3. The number of hydrogen-bond donors (Lipinski definition) is 0. The third kappa shape index (κ3) is 4.58. The normalized spacial score (nSPS) is 15.7. The van der Waals surface area contributed by atoms with Crippen molar-refractivity contribution >= 4 is 0 Å². The summed E-state index contributed by atoms with van der Waals surface area (Å²) in [7, 11) is 0. The average molecular weight is 361 g/mol. The lowest BCUT2D eigenvalue weighted by atomic mass is 9.92. The number of hydrogen-bond acceptors (Lipinski definition) is 3. The Morgan fingerprint density at radius 1 is 0.963 bits per heavy atom. The summed E-state index contributed by atoms with van der Waals surface area (Å²) in [6, 6.07) is 17.2. The molecule has 1 aliphatic heterocycles. The largest absolute Gasteiger partial charge is 0.299 e. The third-order valence-electron chi connectivity index (χ3n) is 5.29. The van der Waals surface area contributed by atoms with Crippen molar-refractivity contribution < 1.29 is 4.39 Å². The van der Waals surface area contributed by atoms with E-state index in [1.54, 1.807) is 6.07 Å². The van der Waals surface area contributed by atoms with Gasteiger partial charge in [0.15, 0.2) is 0 Å². The minimum atomic E-state index is -0.159. The molecule has 3 aromatic rings. The number of pyridine rings is 2. The summed E-state index contributed by atoms with van der Waals surface area (Å²) in [4.78, 5) is 11.5. The van der Waals surface area contributed by atoms with Crippen LogP contribution in [0.5, 0.6) is 0 Å². The van der Waals surface area contributed by atoms with Gasteiger partial charge in [0, 0.05) is 42.7 Å². The first-order valence-electron chi connectivity index (χ1n) is 9.58. The van der Waals surface area contributed by atoms with Gasteiger partial charge in [0.2, 0.25) is 0 Å². The summed E-state index contributed by atoms with van der Waals surface area (Å²) in [5, 5.41) is 0. The molecule has 0 radical (unpaired) electrons. The molecule has 4 heteroatoms. The van der Waals surface area contributed by atoms with Gasteiger partial charge in [-0.05, 0) is 61.3 Å². The van der Waals surface area contributed by atoms with Crippen LogP contribution in [0.1, 0.15) is 41.3 Å². The van der Waals surface area contributed by atoms with E-state index in [9.17, 15) is 4.39 Å². The van der Waals surface area contributed by atoms with Gasteiger partial charge in [-0.2, -0.15) is 0 Å². The Morgan fingerprint density at radius 3 is 2.59 bits per heavy atom. The lowest BCUT2D eigenvalue weighted by Gasteiger charge is -2.31. The maximum absolute atomic E-state index is 13.9. The number of benzene rings is 1. The number of piperidine rings is 1. The molecule has 2 aromatic heterocycles. The van der Waals surface area contributed by atoms with Crippen molar-refractivity contribution in [1.29, 1.82) is 0 Å². The zero-order chi connectivity index (χ0) is 18.5. The SMILES string of the molecule is Fc1ccccc1Cc1cccc(C2CCN(Cc3cccnc3)CC2)n1. The second-order valence-electron chi connectivity index (χ2n) is 7.23. The molecule has 1 aromatic carbocycles. The predicted molar refractivity (Wildman–Crippen MR) is 105 cm³/mol. The van der Waals surface area contributed by atoms with Crippen LogP contribution < -0.4 is 0 Å². The van der Waals surface area contributed by atoms with Crippen molar-refractivity contribution in [3.63, 3.8) is 0 Å². The van der Waals surface area contributed by atoms with Crippen molar-refractivity contribution in [1.82, 2.24) is 14.9 Å². The minimum absolute atomic E-state index is 0.159. The molecule has 3 heterocycles. The van der Waals surface area contributed by atoms with Gasteiger partial charge in [0.25, 0.3) is 0 Å². The van der Waals surface area contributed by atoms with Crippen LogP contribution in [0.2, 0.25) is 0 Å². The Kier molecular flexibility index (Phi) is 5.54. The molecule has 0 bridgehead atoms. The highest BCUT2D eigenvalue weighted by atomic mass is 19.1. The fourth-order valence-electron chi connectivity index (χ4n) is 3.80. The fraction of sp³-hybridized carbons (Fsp3) is 0.304. The summed E-state index contributed by atoms with van der Waals surface area (Å²) in [6.45, 7) is 3.10. The molecule has 0 aliphatic carbocycles. The van der Waals surface area contributed by atoms with Crippen LogP contribution in [-0.4, -0.2) is 28.0 Å². The monoisotopic (exact) mass is 361 g/mol. The van der Waals surface area contributed by atoms with E-state index < -0.39 is 0 Å². The number of rotatable bonds is 5. The van der Waals surface area contributed by atoms with E-state index in [1.807, 2.05) is 36.7 Å². The lowest BCUT2D eigenvalue weighted by molar-refractivity contribution is 0.203. The van der Waals surface area contributed by atoms with Crippen LogP contribution in [0.25, 0.3) is 0 Å². The van der Waals surface area contributed by atoms with E-state index in [0.717, 1.165) is 43.9 Å². The van der Waals surface area contributed by atoms with E-state index in [0.29, 0.717) is 17.9 Å². The number of likely N-dealkylation sites (tertiary alicyclic amines) is 1. The molecule has 0 atom stereocenters. The summed E-state index contributed by atoms with van der Waals surface area (Å²) in [5.74, 6) is 0.323. The van der Waals surface area contributed by atoms with Crippen LogP contribution in [0, 0.1) is 5.82 Å². The van der Waals surface area contributed by atoms with E-state index >= 15 is 0 Å². The summed E-state index contributed by atoms with van der Waals surface area (Å²) >= 11 is 0. The van der Waals surface area contributed by atoms with Gasteiger partial charge in [-0.15, -0.1) is 0 Å². The first-order valence-corrected chi connectivity index (χ1v) is 9.58. The first-order chi connectivity index (χ1) is 13.3. The van der Waals surface area contributed by atoms with Gasteiger partial charge < -0.3 is 0 Å². The zero-order valence-corrected chi connectivity index (χ0v) is 15.4. The highest BCUT2D eigenvalue weighted by Gasteiger charge is 2.22. The highest BCUT2D eigenvalue weighted by molar-refractivity contribution is 5.25. The van der Waals surface area contributed by atoms with Crippen molar-refractivity contribution in [2.45, 2.75) is 31.7 Å². The van der Waals surface area contributed by atoms with E-state index in [4.69, 9.17) is 4.98 Å². The third-order valence-corrected chi connectivity index (χ3v) is 5.29. The van der Waals surface area contributed by atoms with Crippen molar-refractivity contribution in [3.8, 4) is 0 Å². The molecule has 138 valence electrons. The molecule has 1 saturated heterocycles. The lowest BCUT2D eigenvalue weighted by Crippen LogP contribution is -2.32. The molecular weight excluding hydrogens is 337 g/mol. The summed E-state index contributed by atoms with van der Waals surface area (Å²) < 4.78 is 13.9. The van der Waals surface area contributed by atoms with Crippen LogP contribution in [0.15, 0.2) is 67.0 Å². The molecule has 1 aliphatic rings. The van der Waals surface area contributed by atoms with Crippen molar-refractivity contribution in [2.75, 3.05) is 13.1 Å². The van der Waals surface area contributed by atoms with Gasteiger partial charge >= 0.3 is 0 Å². The average Bonchev–Trinajstić information content (AvgIpc) is 2.71. The maximum Gasteiger partial charge on any atom is 0.126 e. The van der Waals surface area contributed by atoms with Gasteiger partial charge in [-0.25, -0.2) is 4.39 Å². The Morgan fingerprint density at radius 2 is 1.81 bits per heavy atom. The standard InChI is InChI=1S/C23H24FN3/c24-22-8-2-1-6-20(22)15-21-7-3-9-23(26-21)19-10-13-27(14-11-19)17-18-5-4-12-25-16-18/h1-9,12,16,19H,10-11,13-15,17H2. The Labute approximate surface area is 159 Å². The summed E-state index contributed by atoms with van der Waals surface area (Å²) in [6.07, 6.45) is 6.52. The predicted octanol–water partition coefficient (Wildman–Crippen LogP) is 4.59. The Balaban J connectivity index is 1.38. The van der Waals surface area contributed by atoms with Crippen LogP contribution >= 0.6 is 0 Å². The maximum atomic E-state index is 13.9. The molecule has 0 spiro atoms. The molecule has 1 fully saturated rings. The van der Waals surface area contributed by atoms with E-state index in [1.165, 1.54) is 11.6 Å². The van der Waals surface area contributed by atoms with Crippen molar-refractivity contribution in [3.05, 3.63) is 95.3 Å². The molecular formula is C23H24FN3. The molecule has 3 nitrogen and oxygen atoms in total. The molecule has 0 unspecified atom stereocenters. The van der Waals surface area contributed by atoms with Gasteiger partial charge in [-0.1, -0.05) is 30.3 Å². The quantitative estimate of drug-likeness (QED) is 0.666. The minimum Gasteiger partial charge on any atom is -0.299 e. The second-order valence-corrected chi connectivity index (χ2v) is 7.23. The van der Waals surface area contributed by atoms with E-state index in [2.05, 4.69) is 28.1 Å². The zero-order valence-electron chi connectivity index (χ0n) is 15.4.